The van der Waals surface area contributed by atoms with Gasteiger partial charge >= 0.3 is 0 Å². The van der Waals surface area contributed by atoms with Crippen molar-refractivity contribution in [2.24, 2.45) is 0 Å². The fourth-order valence-electron chi connectivity index (χ4n) is 0.404. The van der Waals surface area contributed by atoms with Crippen LogP contribution in [0.5, 0.6) is 0 Å². The number of rotatable bonds is 4. The van der Waals surface area contributed by atoms with E-state index in [2.05, 4.69) is 6.58 Å². The fraction of sp³-hybridized carbons (Fsp3) is 0.714. The molecule has 0 aliphatic carbocycles. The van der Waals surface area contributed by atoms with Gasteiger partial charge in [0.1, 0.15) is 0 Å². The van der Waals surface area contributed by atoms with Crippen molar-refractivity contribution in [2.75, 3.05) is 6.61 Å². The van der Waals surface area contributed by atoms with Crippen LogP contribution in [0.2, 0.25) is 0 Å². The Labute approximate surface area is 56.1 Å². The maximum absolute atomic E-state index is 8.61. The van der Waals surface area contributed by atoms with E-state index >= 15 is 0 Å². The van der Waals surface area contributed by atoms with E-state index in [-0.39, 0.29) is 0 Å². The van der Waals surface area contributed by atoms with E-state index in [0.29, 0.717) is 6.61 Å². The summed E-state index contributed by atoms with van der Waals surface area (Å²) in [7, 11) is 0. The lowest BCUT2D eigenvalue weighted by molar-refractivity contribution is -0.0837. The Hall–Kier alpha value is -0.340. The van der Waals surface area contributed by atoms with Crippen LogP contribution in [0.15, 0.2) is 12.2 Å². The minimum atomic E-state index is -0.649. The van der Waals surface area contributed by atoms with Gasteiger partial charge in [-0.25, -0.2) is 0 Å². The zero-order valence-corrected chi connectivity index (χ0v) is 6.05. The van der Waals surface area contributed by atoms with Gasteiger partial charge in [-0.1, -0.05) is 5.57 Å². The summed E-state index contributed by atoms with van der Waals surface area (Å²) in [5.74, 6) is 0. The third-order valence-electron chi connectivity index (χ3n) is 0.888. The third kappa shape index (κ3) is 7.66. The molecule has 1 atom stereocenters. The molecule has 0 bridgehead atoms. The molecule has 2 heteroatoms. The highest BCUT2D eigenvalue weighted by Gasteiger charge is 1.92. The van der Waals surface area contributed by atoms with E-state index in [9.17, 15) is 0 Å². The van der Waals surface area contributed by atoms with Gasteiger partial charge in [0.2, 0.25) is 0 Å². The number of hydrogen-bond donors (Lipinski definition) is 1. The molecular weight excluding hydrogens is 116 g/mol. The Morgan fingerprint density at radius 1 is 1.78 bits per heavy atom. The highest BCUT2D eigenvalue weighted by molar-refractivity contribution is 4.86. The summed E-state index contributed by atoms with van der Waals surface area (Å²) in [5.41, 5.74) is 1.08. The maximum atomic E-state index is 8.61. The predicted molar refractivity (Wildman–Crippen MR) is 37.1 cm³/mol. The lowest BCUT2D eigenvalue weighted by Crippen LogP contribution is -2.07. The van der Waals surface area contributed by atoms with Crippen molar-refractivity contribution in [3.8, 4) is 0 Å². The first-order valence-corrected chi connectivity index (χ1v) is 3.07. The van der Waals surface area contributed by atoms with Crippen molar-refractivity contribution in [2.45, 2.75) is 26.6 Å². The monoisotopic (exact) mass is 130 g/mol. The largest absolute Gasteiger partial charge is 0.368 e. The molecule has 0 rings (SSSR count). The van der Waals surface area contributed by atoms with Crippen molar-refractivity contribution >= 4 is 0 Å². The molecule has 54 valence electrons. The van der Waals surface area contributed by atoms with Crippen molar-refractivity contribution in [3.05, 3.63) is 12.2 Å². The second-order valence-corrected chi connectivity index (χ2v) is 2.18. The van der Waals surface area contributed by atoms with Crippen LogP contribution in [-0.4, -0.2) is 18.0 Å². The second-order valence-electron chi connectivity index (χ2n) is 2.18. The molecule has 0 saturated heterocycles. The van der Waals surface area contributed by atoms with Gasteiger partial charge in [0.25, 0.3) is 0 Å². The Balaban J connectivity index is 3.01. The van der Waals surface area contributed by atoms with E-state index in [1.807, 2.05) is 6.92 Å². The molecule has 0 fully saturated rings. The van der Waals surface area contributed by atoms with Crippen LogP contribution in [0, 0.1) is 0 Å². The number of aliphatic hydroxyl groups excluding tert-OH is 1. The van der Waals surface area contributed by atoms with Gasteiger partial charge < -0.3 is 9.84 Å². The van der Waals surface area contributed by atoms with Gasteiger partial charge in [-0.3, -0.25) is 0 Å². The summed E-state index contributed by atoms with van der Waals surface area (Å²) < 4.78 is 4.85. The molecule has 0 aromatic rings. The molecule has 0 saturated carbocycles. The zero-order valence-electron chi connectivity index (χ0n) is 6.05. The van der Waals surface area contributed by atoms with Crippen LogP contribution >= 0.6 is 0 Å². The molecule has 9 heavy (non-hydrogen) atoms. The molecule has 0 radical (unpaired) electrons. The summed E-state index contributed by atoms with van der Waals surface area (Å²) in [5, 5.41) is 8.61. The van der Waals surface area contributed by atoms with Crippen LogP contribution in [0.4, 0.5) is 0 Å². The van der Waals surface area contributed by atoms with Crippen LogP contribution in [0.3, 0.4) is 0 Å². The number of ether oxygens (including phenoxy) is 1. The third-order valence-corrected chi connectivity index (χ3v) is 0.888. The SMILES string of the molecule is C=C(C)CCOC(C)O. The Bertz CT molecular complexity index is 86.9. The molecule has 0 heterocycles. The van der Waals surface area contributed by atoms with Crippen molar-refractivity contribution < 1.29 is 9.84 Å². The standard InChI is InChI=1S/C7H14O2/c1-6(2)4-5-9-7(3)8/h7-8H,1,4-5H2,2-3H3. The highest BCUT2D eigenvalue weighted by atomic mass is 16.6. The summed E-state index contributed by atoms with van der Waals surface area (Å²) in [6.45, 7) is 7.78. The number of aliphatic hydroxyl groups is 1. The summed E-state index contributed by atoms with van der Waals surface area (Å²) in [4.78, 5) is 0. The van der Waals surface area contributed by atoms with Gasteiger partial charge in [0, 0.05) is 0 Å². The van der Waals surface area contributed by atoms with E-state index in [1.165, 1.54) is 0 Å². The average molecular weight is 130 g/mol. The van der Waals surface area contributed by atoms with E-state index in [4.69, 9.17) is 9.84 Å². The smallest absolute Gasteiger partial charge is 0.151 e. The van der Waals surface area contributed by atoms with E-state index in [1.54, 1.807) is 6.92 Å². The summed E-state index contributed by atoms with van der Waals surface area (Å²) >= 11 is 0. The predicted octanol–water partition coefficient (Wildman–Crippen LogP) is 1.31. The Kier molecular flexibility index (Phi) is 4.36. The Morgan fingerprint density at radius 3 is 2.67 bits per heavy atom. The minimum absolute atomic E-state index is 0.562. The van der Waals surface area contributed by atoms with E-state index < -0.39 is 6.29 Å². The van der Waals surface area contributed by atoms with Crippen LogP contribution in [0.1, 0.15) is 20.3 Å². The Morgan fingerprint density at radius 2 is 2.33 bits per heavy atom. The normalized spacial score (nSPS) is 13.2. The summed E-state index contributed by atoms with van der Waals surface area (Å²) in [6.07, 6.45) is 0.176. The molecule has 1 N–H and O–H groups in total. The van der Waals surface area contributed by atoms with E-state index in [0.717, 1.165) is 12.0 Å². The summed E-state index contributed by atoms with van der Waals surface area (Å²) in [6, 6.07) is 0. The molecular formula is C7H14O2. The van der Waals surface area contributed by atoms with Gasteiger partial charge in [-0.05, 0) is 20.3 Å². The van der Waals surface area contributed by atoms with Gasteiger partial charge in [-0.15, -0.1) is 6.58 Å². The minimum Gasteiger partial charge on any atom is -0.368 e. The second kappa shape index (κ2) is 4.53. The lowest BCUT2D eigenvalue weighted by atomic mass is 10.3. The topological polar surface area (TPSA) is 29.5 Å². The van der Waals surface area contributed by atoms with Crippen molar-refractivity contribution in [1.82, 2.24) is 0 Å². The van der Waals surface area contributed by atoms with Crippen molar-refractivity contribution in [1.29, 1.82) is 0 Å². The van der Waals surface area contributed by atoms with Crippen LogP contribution in [-0.2, 0) is 4.74 Å². The first-order chi connectivity index (χ1) is 4.13. The average Bonchev–Trinajstić information content (AvgIpc) is 1.63. The van der Waals surface area contributed by atoms with Gasteiger partial charge in [0.15, 0.2) is 6.29 Å². The van der Waals surface area contributed by atoms with Crippen LogP contribution in [0.25, 0.3) is 0 Å². The molecule has 0 amide bonds. The first-order valence-electron chi connectivity index (χ1n) is 3.07. The van der Waals surface area contributed by atoms with Crippen LogP contribution < -0.4 is 0 Å². The molecule has 0 aromatic carbocycles. The first kappa shape index (κ1) is 8.66. The maximum Gasteiger partial charge on any atom is 0.151 e. The molecule has 0 aliphatic heterocycles. The molecule has 0 aromatic heterocycles. The molecule has 1 unspecified atom stereocenters. The quantitative estimate of drug-likeness (QED) is 0.459. The molecule has 2 nitrogen and oxygen atoms in total. The zero-order chi connectivity index (χ0) is 7.28. The molecule has 0 spiro atoms. The number of hydrogen-bond acceptors (Lipinski definition) is 2. The highest BCUT2D eigenvalue weighted by Crippen LogP contribution is 1.96. The fourth-order valence-corrected chi connectivity index (χ4v) is 0.404. The van der Waals surface area contributed by atoms with Gasteiger partial charge in [-0.2, -0.15) is 0 Å². The van der Waals surface area contributed by atoms with Gasteiger partial charge in [0.05, 0.1) is 6.61 Å². The lowest BCUT2D eigenvalue weighted by Gasteiger charge is -2.04. The molecule has 0 aliphatic rings. The van der Waals surface area contributed by atoms with Crippen molar-refractivity contribution in [3.63, 3.8) is 0 Å².